The van der Waals surface area contributed by atoms with E-state index in [0.717, 1.165) is 11.1 Å². The molecule has 3 rings (SSSR count). The SMILES string of the molecule is COC(=O)c1ccc(-c2ccccc2C(=O)c2ccccn2)cc1. The molecule has 0 fully saturated rings. The summed E-state index contributed by atoms with van der Waals surface area (Å²) in [7, 11) is 1.34. The summed E-state index contributed by atoms with van der Waals surface area (Å²) in [5, 5.41) is 0. The lowest BCUT2D eigenvalue weighted by Gasteiger charge is -2.09. The van der Waals surface area contributed by atoms with Crippen molar-refractivity contribution in [3.05, 3.63) is 89.7 Å². The minimum absolute atomic E-state index is 0.136. The molecule has 118 valence electrons. The summed E-state index contributed by atoms with van der Waals surface area (Å²) in [4.78, 5) is 28.4. The minimum atomic E-state index is -0.389. The normalized spacial score (nSPS) is 10.2. The standard InChI is InChI=1S/C20H15NO3/c1-24-20(23)15-11-9-14(10-12-15)16-6-2-3-7-17(16)19(22)18-8-4-5-13-21-18/h2-13H,1H3. The third-order valence-corrected chi connectivity index (χ3v) is 3.69. The quantitative estimate of drug-likeness (QED) is 0.543. The number of ketones is 1. The van der Waals surface area contributed by atoms with E-state index in [9.17, 15) is 9.59 Å². The highest BCUT2D eigenvalue weighted by molar-refractivity contribution is 6.11. The van der Waals surface area contributed by atoms with Crippen molar-refractivity contribution in [1.82, 2.24) is 4.98 Å². The predicted octanol–water partition coefficient (Wildman–Crippen LogP) is 3.77. The Morgan fingerprint density at radius 3 is 2.25 bits per heavy atom. The van der Waals surface area contributed by atoms with E-state index in [0.29, 0.717) is 16.8 Å². The predicted molar refractivity (Wildman–Crippen MR) is 90.9 cm³/mol. The van der Waals surface area contributed by atoms with E-state index >= 15 is 0 Å². The molecule has 3 aromatic rings. The number of hydrogen-bond donors (Lipinski definition) is 0. The average molecular weight is 317 g/mol. The van der Waals surface area contributed by atoms with Gasteiger partial charge in [-0.25, -0.2) is 4.79 Å². The second-order valence-corrected chi connectivity index (χ2v) is 5.16. The van der Waals surface area contributed by atoms with Gasteiger partial charge >= 0.3 is 5.97 Å². The molecule has 0 aliphatic rings. The second kappa shape index (κ2) is 6.87. The summed E-state index contributed by atoms with van der Waals surface area (Å²) in [5.41, 5.74) is 3.08. The lowest BCUT2D eigenvalue weighted by Crippen LogP contribution is -2.05. The van der Waals surface area contributed by atoms with Gasteiger partial charge in [-0.1, -0.05) is 42.5 Å². The highest BCUT2D eigenvalue weighted by atomic mass is 16.5. The van der Waals surface area contributed by atoms with Crippen LogP contribution in [-0.2, 0) is 4.74 Å². The van der Waals surface area contributed by atoms with Crippen molar-refractivity contribution in [3.8, 4) is 11.1 Å². The monoisotopic (exact) mass is 317 g/mol. The first-order valence-corrected chi connectivity index (χ1v) is 7.44. The largest absolute Gasteiger partial charge is 0.465 e. The maximum Gasteiger partial charge on any atom is 0.337 e. The summed E-state index contributed by atoms with van der Waals surface area (Å²) < 4.78 is 4.70. The number of carbonyl (C=O) groups is 2. The van der Waals surface area contributed by atoms with E-state index in [2.05, 4.69) is 4.98 Å². The fourth-order valence-corrected chi connectivity index (χ4v) is 2.47. The zero-order chi connectivity index (χ0) is 16.9. The molecule has 0 spiro atoms. The molecule has 4 nitrogen and oxygen atoms in total. The van der Waals surface area contributed by atoms with Gasteiger partial charge in [-0.2, -0.15) is 0 Å². The lowest BCUT2D eigenvalue weighted by atomic mass is 9.95. The first kappa shape index (κ1) is 15.6. The molecule has 0 saturated heterocycles. The molecule has 0 saturated carbocycles. The second-order valence-electron chi connectivity index (χ2n) is 5.16. The van der Waals surface area contributed by atoms with Gasteiger partial charge < -0.3 is 4.74 Å². The summed E-state index contributed by atoms with van der Waals surface area (Å²) in [5.74, 6) is -0.525. The van der Waals surface area contributed by atoms with E-state index in [1.165, 1.54) is 7.11 Å². The smallest absolute Gasteiger partial charge is 0.337 e. The van der Waals surface area contributed by atoms with Crippen LogP contribution in [0.2, 0.25) is 0 Å². The van der Waals surface area contributed by atoms with Gasteiger partial charge in [-0.05, 0) is 35.4 Å². The third-order valence-electron chi connectivity index (χ3n) is 3.69. The highest BCUT2D eigenvalue weighted by Crippen LogP contribution is 2.26. The number of hydrogen-bond acceptors (Lipinski definition) is 4. The van der Waals surface area contributed by atoms with Crippen LogP contribution >= 0.6 is 0 Å². The average Bonchev–Trinajstić information content (AvgIpc) is 2.67. The van der Waals surface area contributed by atoms with Crippen molar-refractivity contribution < 1.29 is 14.3 Å². The maximum atomic E-state index is 12.7. The Morgan fingerprint density at radius 2 is 1.58 bits per heavy atom. The number of nitrogens with zero attached hydrogens (tertiary/aromatic N) is 1. The number of benzene rings is 2. The van der Waals surface area contributed by atoms with E-state index in [1.54, 1.807) is 54.7 Å². The molecule has 0 radical (unpaired) electrons. The van der Waals surface area contributed by atoms with Crippen molar-refractivity contribution in [2.45, 2.75) is 0 Å². The van der Waals surface area contributed by atoms with Crippen LogP contribution in [0, 0.1) is 0 Å². The maximum absolute atomic E-state index is 12.7. The summed E-state index contributed by atoms with van der Waals surface area (Å²) in [6.07, 6.45) is 1.60. The molecule has 0 N–H and O–H groups in total. The number of esters is 1. The van der Waals surface area contributed by atoms with Crippen molar-refractivity contribution in [3.63, 3.8) is 0 Å². The van der Waals surface area contributed by atoms with Gasteiger partial charge in [0.25, 0.3) is 0 Å². The van der Waals surface area contributed by atoms with Gasteiger partial charge in [0.15, 0.2) is 0 Å². The van der Waals surface area contributed by atoms with E-state index < -0.39 is 0 Å². The van der Waals surface area contributed by atoms with E-state index in [1.807, 2.05) is 18.2 Å². The molecule has 0 atom stereocenters. The van der Waals surface area contributed by atoms with Crippen LogP contribution in [-0.4, -0.2) is 23.8 Å². The number of pyridine rings is 1. The zero-order valence-corrected chi connectivity index (χ0v) is 13.1. The highest BCUT2D eigenvalue weighted by Gasteiger charge is 2.15. The molecule has 24 heavy (non-hydrogen) atoms. The van der Waals surface area contributed by atoms with Crippen LogP contribution in [0.15, 0.2) is 72.9 Å². The van der Waals surface area contributed by atoms with Crippen molar-refractivity contribution in [2.75, 3.05) is 7.11 Å². The van der Waals surface area contributed by atoms with Gasteiger partial charge in [0.1, 0.15) is 5.69 Å². The number of carbonyl (C=O) groups excluding carboxylic acids is 2. The number of methoxy groups -OCH3 is 1. The number of ether oxygens (including phenoxy) is 1. The van der Waals surface area contributed by atoms with Crippen molar-refractivity contribution in [1.29, 1.82) is 0 Å². The van der Waals surface area contributed by atoms with Crippen molar-refractivity contribution in [2.24, 2.45) is 0 Å². The molecule has 0 bridgehead atoms. The molecule has 1 aromatic heterocycles. The van der Waals surface area contributed by atoms with Crippen LogP contribution < -0.4 is 0 Å². The van der Waals surface area contributed by atoms with E-state index in [-0.39, 0.29) is 11.8 Å². The van der Waals surface area contributed by atoms with Gasteiger partial charge in [0.05, 0.1) is 12.7 Å². The van der Waals surface area contributed by atoms with Gasteiger partial charge in [0, 0.05) is 11.8 Å². The molecular formula is C20H15NO3. The molecule has 0 amide bonds. The first-order valence-electron chi connectivity index (χ1n) is 7.44. The van der Waals surface area contributed by atoms with Crippen LogP contribution in [0.3, 0.4) is 0 Å². The molecule has 0 unspecified atom stereocenters. The topological polar surface area (TPSA) is 56.3 Å². The summed E-state index contributed by atoms with van der Waals surface area (Å²) >= 11 is 0. The number of rotatable bonds is 4. The fraction of sp³-hybridized carbons (Fsp3) is 0.0500. The fourth-order valence-electron chi connectivity index (χ4n) is 2.47. The number of aromatic nitrogens is 1. The molecule has 0 aliphatic carbocycles. The lowest BCUT2D eigenvalue weighted by molar-refractivity contribution is 0.0600. The Hall–Kier alpha value is -3.27. The Labute approximate surface area is 139 Å². The van der Waals surface area contributed by atoms with Crippen LogP contribution in [0.1, 0.15) is 26.4 Å². The Bertz CT molecular complexity index is 871. The van der Waals surface area contributed by atoms with Crippen LogP contribution in [0.25, 0.3) is 11.1 Å². The Morgan fingerprint density at radius 1 is 0.875 bits per heavy atom. The Kier molecular flexibility index (Phi) is 4.47. The summed E-state index contributed by atoms with van der Waals surface area (Å²) in [6, 6.07) is 19.6. The Balaban J connectivity index is 2.01. The van der Waals surface area contributed by atoms with E-state index in [4.69, 9.17) is 4.74 Å². The molecule has 1 heterocycles. The zero-order valence-electron chi connectivity index (χ0n) is 13.1. The van der Waals surface area contributed by atoms with Crippen LogP contribution in [0.5, 0.6) is 0 Å². The minimum Gasteiger partial charge on any atom is -0.465 e. The molecule has 4 heteroatoms. The van der Waals surface area contributed by atoms with Crippen molar-refractivity contribution >= 4 is 11.8 Å². The molecule has 0 aliphatic heterocycles. The van der Waals surface area contributed by atoms with Crippen LogP contribution in [0.4, 0.5) is 0 Å². The first-order chi connectivity index (χ1) is 11.7. The summed E-state index contributed by atoms with van der Waals surface area (Å²) in [6.45, 7) is 0. The van der Waals surface area contributed by atoms with Gasteiger partial charge in [-0.15, -0.1) is 0 Å². The van der Waals surface area contributed by atoms with Gasteiger partial charge in [0.2, 0.25) is 5.78 Å². The third kappa shape index (κ3) is 3.08. The molecule has 2 aromatic carbocycles. The molecular weight excluding hydrogens is 302 g/mol. The van der Waals surface area contributed by atoms with Gasteiger partial charge in [-0.3, -0.25) is 9.78 Å².